The largest absolute Gasteiger partial charge is 0.472 e. The van der Waals surface area contributed by atoms with E-state index < -0.39 is 6.04 Å². The van der Waals surface area contributed by atoms with E-state index in [0.717, 1.165) is 16.7 Å². The van der Waals surface area contributed by atoms with Gasteiger partial charge in [-0.25, -0.2) is 0 Å². The van der Waals surface area contributed by atoms with Crippen LogP contribution in [0.2, 0.25) is 0 Å². The minimum Gasteiger partial charge on any atom is -0.472 e. The van der Waals surface area contributed by atoms with E-state index in [1.54, 1.807) is 29.2 Å². The highest BCUT2D eigenvalue weighted by atomic mass is 32.2. The molecule has 1 aliphatic heterocycles. The summed E-state index contributed by atoms with van der Waals surface area (Å²) in [7, 11) is 0. The summed E-state index contributed by atoms with van der Waals surface area (Å²) in [5.41, 5.74) is 3.57. The molecule has 0 radical (unpaired) electrons. The standard InChI is InChI=1S/C23H22N2O3S/c1-16-7-9-18(10-8-16)22(27)25-20(15-29-23(25)19-11-12-28-14-19)21(26)24-13-17-5-3-2-4-6-17/h2-12,14,20,23H,13,15H2,1H3,(H,24,26). The number of rotatable bonds is 5. The Morgan fingerprint density at radius 1 is 1.10 bits per heavy atom. The molecule has 2 heterocycles. The Hall–Kier alpha value is -2.99. The summed E-state index contributed by atoms with van der Waals surface area (Å²) in [6, 6.07) is 18.5. The van der Waals surface area contributed by atoms with Crippen molar-refractivity contribution in [3.8, 4) is 0 Å². The summed E-state index contributed by atoms with van der Waals surface area (Å²) in [4.78, 5) is 28.0. The molecule has 29 heavy (non-hydrogen) atoms. The Kier molecular flexibility index (Phi) is 5.71. The molecule has 2 unspecified atom stereocenters. The number of hydrogen-bond acceptors (Lipinski definition) is 4. The quantitative estimate of drug-likeness (QED) is 0.691. The van der Waals surface area contributed by atoms with Crippen molar-refractivity contribution in [2.24, 2.45) is 0 Å². The van der Waals surface area contributed by atoms with Gasteiger partial charge >= 0.3 is 0 Å². The SMILES string of the molecule is Cc1ccc(C(=O)N2C(C(=O)NCc3ccccc3)CSC2c2ccoc2)cc1. The lowest BCUT2D eigenvalue weighted by Gasteiger charge is -2.28. The van der Waals surface area contributed by atoms with Gasteiger partial charge in [0.1, 0.15) is 11.4 Å². The molecular formula is C23H22N2O3S. The summed E-state index contributed by atoms with van der Waals surface area (Å²) in [5.74, 6) is 0.238. The highest BCUT2D eigenvalue weighted by molar-refractivity contribution is 7.99. The molecule has 1 fully saturated rings. The smallest absolute Gasteiger partial charge is 0.255 e. The lowest BCUT2D eigenvalue weighted by atomic mass is 10.1. The zero-order chi connectivity index (χ0) is 20.2. The van der Waals surface area contributed by atoms with Crippen molar-refractivity contribution in [3.63, 3.8) is 0 Å². The van der Waals surface area contributed by atoms with E-state index in [-0.39, 0.29) is 17.2 Å². The van der Waals surface area contributed by atoms with Crippen molar-refractivity contribution >= 4 is 23.6 Å². The predicted octanol–water partition coefficient (Wildman–Crippen LogP) is 4.16. The molecule has 0 aliphatic carbocycles. The molecule has 4 rings (SSSR count). The molecule has 2 atom stereocenters. The molecule has 2 aromatic carbocycles. The van der Waals surface area contributed by atoms with Crippen LogP contribution in [-0.2, 0) is 11.3 Å². The second-order valence-electron chi connectivity index (χ2n) is 7.04. The van der Waals surface area contributed by atoms with Crippen molar-refractivity contribution in [3.05, 3.63) is 95.4 Å². The molecule has 2 amide bonds. The van der Waals surface area contributed by atoms with Gasteiger partial charge in [-0.05, 0) is 30.7 Å². The van der Waals surface area contributed by atoms with Crippen LogP contribution in [0.25, 0.3) is 0 Å². The Bertz CT molecular complexity index is 971. The van der Waals surface area contributed by atoms with E-state index in [9.17, 15) is 9.59 Å². The maximum atomic E-state index is 13.4. The van der Waals surface area contributed by atoms with Gasteiger partial charge in [0.15, 0.2) is 0 Å². The van der Waals surface area contributed by atoms with E-state index in [1.165, 1.54) is 0 Å². The molecule has 1 N–H and O–H groups in total. The Labute approximate surface area is 174 Å². The van der Waals surface area contributed by atoms with E-state index >= 15 is 0 Å². The molecule has 0 bridgehead atoms. The second kappa shape index (κ2) is 8.57. The number of hydrogen-bond donors (Lipinski definition) is 1. The second-order valence-corrected chi connectivity index (χ2v) is 8.15. The maximum absolute atomic E-state index is 13.4. The molecule has 148 valence electrons. The van der Waals surface area contributed by atoms with Crippen LogP contribution < -0.4 is 5.32 Å². The van der Waals surface area contributed by atoms with Crippen LogP contribution in [0.1, 0.15) is 32.4 Å². The summed E-state index contributed by atoms with van der Waals surface area (Å²) in [5, 5.41) is 2.73. The number of thioether (sulfide) groups is 1. The molecule has 1 saturated heterocycles. The van der Waals surface area contributed by atoms with E-state index in [1.807, 2.05) is 67.6 Å². The van der Waals surface area contributed by atoms with Crippen molar-refractivity contribution < 1.29 is 14.0 Å². The number of carbonyl (C=O) groups excluding carboxylic acids is 2. The summed E-state index contributed by atoms with van der Waals surface area (Å²) in [6.07, 6.45) is 3.23. The van der Waals surface area contributed by atoms with Crippen molar-refractivity contribution in [2.45, 2.75) is 24.9 Å². The van der Waals surface area contributed by atoms with Gasteiger partial charge in [0, 0.05) is 23.4 Å². The predicted molar refractivity (Wildman–Crippen MR) is 113 cm³/mol. The van der Waals surface area contributed by atoms with Crippen LogP contribution in [-0.4, -0.2) is 28.5 Å². The third-order valence-electron chi connectivity index (χ3n) is 4.97. The van der Waals surface area contributed by atoms with Gasteiger partial charge in [-0.1, -0.05) is 48.0 Å². The monoisotopic (exact) mass is 406 g/mol. The number of nitrogens with one attached hydrogen (secondary N) is 1. The normalized spacial score (nSPS) is 18.6. The van der Waals surface area contributed by atoms with Crippen molar-refractivity contribution in [1.82, 2.24) is 10.2 Å². The zero-order valence-corrected chi connectivity index (χ0v) is 16.9. The molecule has 6 heteroatoms. The minimum absolute atomic E-state index is 0.146. The lowest BCUT2D eigenvalue weighted by molar-refractivity contribution is -0.125. The van der Waals surface area contributed by atoms with Gasteiger partial charge in [0.05, 0.1) is 12.5 Å². The van der Waals surface area contributed by atoms with Gasteiger partial charge in [0.2, 0.25) is 5.91 Å². The number of nitrogens with zero attached hydrogens (tertiary/aromatic N) is 1. The molecule has 0 spiro atoms. The third kappa shape index (κ3) is 4.22. The highest BCUT2D eigenvalue weighted by Crippen LogP contribution is 2.42. The fourth-order valence-electron chi connectivity index (χ4n) is 3.38. The summed E-state index contributed by atoms with van der Waals surface area (Å²) >= 11 is 1.58. The average Bonchev–Trinajstić information content (AvgIpc) is 3.42. The number of furan rings is 1. The Morgan fingerprint density at radius 2 is 1.86 bits per heavy atom. The first-order chi connectivity index (χ1) is 14.1. The first kappa shape index (κ1) is 19.3. The zero-order valence-electron chi connectivity index (χ0n) is 16.1. The summed E-state index contributed by atoms with van der Waals surface area (Å²) in [6.45, 7) is 2.41. The van der Waals surface area contributed by atoms with Gasteiger partial charge in [-0.2, -0.15) is 0 Å². The van der Waals surface area contributed by atoms with Crippen LogP contribution in [0, 0.1) is 6.92 Å². The van der Waals surface area contributed by atoms with E-state index in [2.05, 4.69) is 5.32 Å². The third-order valence-corrected chi connectivity index (χ3v) is 6.30. The van der Waals surface area contributed by atoms with Gasteiger partial charge in [-0.3, -0.25) is 9.59 Å². The van der Waals surface area contributed by atoms with Crippen molar-refractivity contribution in [2.75, 3.05) is 5.75 Å². The molecule has 3 aromatic rings. The molecule has 1 aliphatic rings. The first-order valence-electron chi connectivity index (χ1n) is 9.48. The van der Waals surface area contributed by atoms with Crippen LogP contribution in [0.15, 0.2) is 77.6 Å². The van der Waals surface area contributed by atoms with Crippen molar-refractivity contribution in [1.29, 1.82) is 0 Å². The molecule has 1 aromatic heterocycles. The van der Waals surface area contributed by atoms with Crippen LogP contribution >= 0.6 is 11.8 Å². The number of benzene rings is 2. The van der Waals surface area contributed by atoms with Gasteiger partial charge in [0.25, 0.3) is 5.91 Å². The topological polar surface area (TPSA) is 62.6 Å². The van der Waals surface area contributed by atoms with E-state index in [4.69, 9.17) is 4.42 Å². The fourth-order valence-corrected chi connectivity index (χ4v) is 4.78. The molecular weight excluding hydrogens is 384 g/mol. The average molecular weight is 407 g/mol. The van der Waals surface area contributed by atoms with Gasteiger partial charge in [-0.15, -0.1) is 11.8 Å². The summed E-state index contributed by atoms with van der Waals surface area (Å²) < 4.78 is 5.23. The lowest BCUT2D eigenvalue weighted by Crippen LogP contribution is -2.47. The molecule has 0 saturated carbocycles. The first-order valence-corrected chi connectivity index (χ1v) is 10.5. The van der Waals surface area contributed by atoms with Crippen LogP contribution in [0.5, 0.6) is 0 Å². The van der Waals surface area contributed by atoms with Crippen LogP contribution in [0.3, 0.4) is 0 Å². The minimum atomic E-state index is -0.544. The van der Waals surface area contributed by atoms with E-state index in [0.29, 0.717) is 17.9 Å². The number of carbonyl (C=O) groups is 2. The maximum Gasteiger partial charge on any atom is 0.255 e. The Morgan fingerprint density at radius 3 is 2.55 bits per heavy atom. The number of amides is 2. The fraction of sp³-hybridized carbons (Fsp3) is 0.217. The number of aryl methyl sites for hydroxylation is 1. The van der Waals surface area contributed by atoms with Crippen LogP contribution in [0.4, 0.5) is 0 Å². The highest BCUT2D eigenvalue weighted by Gasteiger charge is 2.42. The Balaban J connectivity index is 1.57. The van der Waals surface area contributed by atoms with Gasteiger partial charge < -0.3 is 14.6 Å². The molecule has 5 nitrogen and oxygen atoms in total.